The van der Waals surface area contributed by atoms with Crippen LogP contribution in [0.2, 0.25) is 5.02 Å². The van der Waals surface area contributed by atoms with Crippen molar-refractivity contribution in [2.45, 2.75) is 44.2 Å². The first-order chi connectivity index (χ1) is 16.8. The van der Waals surface area contributed by atoms with E-state index < -0.39 is 16.1 Å². The SMILES string of the molecule is Cc1ccc(C)c2sc(N(Cc3ccco3)C(=O)C3CCCN3S(=O)(=O)c3ccc(Cl)cc3)nc12. The summed E-state index contributed by atoms with van der Waals surface area (Å²) >= 11 is 7.38. The van der Waals surface area contributed by atoms with Crippen molar-refractivity contribution in [3.05, 3.63) is 76.7 Å². The minimum Gasteiger partial charge on any atom is -0.467 e. The maximum absolute atomic E-state index is 14.0. The third-order valence-electron chi connectivity index (χ3n) is 6.23. The van der Waals surface area contributed by atoms with Gasteiger partial charge in [0.15, 0.2) is 5.13 Å². The average molecular weight is 530 g/mol. The number of aromatic nitrogens is 1. The molecule has 1 saturated heterocycles. The Morgan fingerprint density at radius 1 is 1.17 bits per heavy atom. The Labute approximate surface area is 213 Å². The zero-order valence-corrected chi connectivity index (χ0v) is 21.7. The predicted octanol–water partition coefficient (Wildman–Crippen LogP) is 5.55. The maximum Gasteiger partial charge on any atom is 0.247 e. The van der Waals surface area contributed by atoms with Crippen LogP contribution in [0, 0.1) is 13.8 Å². The van der Waals surface area contributed by atoms with Crippen LogP contribution in [0.5, 0.6) is 0 Å². The van der Waals surface area contributed by atoms with Gasteiger partial charge >= 0.3 is 0 Å². The fraction of sp³-hybridized carbons (Fsp3) is 0.280. The highest BCUT2D eigenvalue weighted by Gasteiger charge is 2.42. The Bertz CT molecular complexity index is 1440. The van der Waals surface area contributed by atoms with Crippen LogP contribution in [0.15, 0.2) is 64.1 Å². The second-order valence-corrected chi connectivity index (χ2v) is 11.9. The Morgan fingerprint density at radius 3 is 2.60 bits per heavy atom. The first-order valence-corrected chi connectivity index (χ1v) is 13.9. The van der Waals surface area contributed by atoms with Crippen LogP contribution in [0.25, 0.3) is 10.2 Å². The number of hydrogen-bond acceptors (Lipinski definition) is 6. The van der Waals surface area contributed by atoms with Crippen molar-refractivity contribution in [3.8, 4) is 0 Å². The third kappa shape index (κ3) is 4.49. The third-order valence-corrected chi connectivity index (χ3v) is 9.62. The maximum atomic E-state index is 14.0. The van der Waals surface area contributed by atoms with Gasteiger partial charge < -0.3 is 4.42 Å². The van der Waals surface area contributed by atoms with Crippen molar-refractivity contribution in [1.29, 1.82) is 0 Å². The summed E-state index contributed by atoms with van der Waals surface area (Å²) in [7, 11) is -3.88. The predicted molar refractivity (Wildman–Crippen MR) is 137 cm³/mol. The highest BCUT2D eigenvalue weighted by molar-refractivity contribution is 7.89. The normalized spacial score (nSPS) is 16.7. The molecule has 0 spiro atoms. The molecular formula is C25H24ClN3O4S2. The Morgan fingerprint density at radius 2 is 1.91 bits per heavy atom. The second-order valence-electron chi connectivity index (χ2n) is 8.60. The first-order valence-electron chi connectivity index (χ1n) is 11.2. The van der Waals surface area contributed by atoms with Crippen LogP contribution in [0.3, 0.4) is 0 Å². The van der Waals surface area contributed by atoms with Gasteiger partial charge in [-0.15, -0.1) is 0 Å². The van der Waals surface area contributed by atoms with Crippen molar-refractivity contribution in [2.75, 3.05) is 11.4 Å². The molecule has 4 aromatic rings. The molecule has 0 N–H and O–H groups in total. The summed E-state index contributed by atoms with van der Waals surface area (Å²) in [5, 5.41) is 0.971. The quantitative estimate of drug-likeness (QED) is 0.327. The molecule has 0 bridgehead atoms. The van der Waals surface area contributed by atoms with Crippen molar-refractivity contribution < 1.29 is 17.6 Å². The molecule has 1 fully saturated rings. The first kappa shape index (κ1) is 24.0. The van der Waals surface area contributed by atoms with E-state index in [1.807, 2.05) is 26.0 Å². The van der Waals surface area contributed by atoms with Crippen LogP contribution in [0.1, 0.15) is 29.7 Å². The highest BCUT2D eigenvalue weighted by atomic mass is 35.5. The van der Waals surface area contributed by atoms with Crippen LogP contribution in [0.4, 0.5) is 5.13 Å². The minimum absolute atomic E-state index is 0.116. The van der Waals surface area contributed by atoms with E-state index in [0.29, 0.717) is 28.8 Å². The summed E-state index contributed by atoms with van der Waals surface area (Å²) in [6.07, 6.45) is 2.58. The van der Waals surface area contributed by atoms with Gasteiger partial charge in [-0.25, -0.2) is 13.4 Å². The van der Waals surface area contributed by atoms with E-state index in [2.05, 4.69) is 0 Å². The van der Waals surface area contributed by atoms with E-state index in [1.165, 1.54) is 39.9 Å². The number of sulfonamides is 1. The molecule has 0 saturated carbocycles. The van der Waals surface area contributed by atoms with E-state index >= 15 is 0 Å². The van der Waals surface area contributed by atoms with Gasteiger partial charge in [-0.1, -0.05) is 35.1 Å². The van der Waals surface area contributed by atoms with Crippen LogP contribution >= 0.6 is 22.9 Å². The number of halogens is 1. The summed E-state index contributed by atoms with van der Waals surface area (Å²) in [6, 6.07) is 12.8. The topological polar surface area (TPSA) is 83.7 Å². The number of rotatable bonds is 6. The largest absolute Gasteiger partial charge is 0.467 e. The van der Waals surface area contributed by atoms with Crippen LogP contribution < -0.4 is 4.90 Å². The molecule has 7 nitrogen and oxygen atoms in total. The van der Waals surface area contributed by atoms with Gasteiger partial charge in [-0.2, -0.15) is 4.31 Å². The number of anilines is 1. The molecule has 1 unspecified atom stereocenters. The van der Waals surface area contributed by atoms with Gasteiger partial charge in [0.2, 0.25) is 15.9 Å². The smallest absolute Gasteiger partial charge is 0.247 e. The number of aryl methyl sites for hydroxylation is 2. The zero-order chi connectivity index (χ0) is 24.7. The van der Waals surface area contributed by atoms with Crippen molar-refractivity contribution in [3.63, 3.8) is 0 Å². The molecule has 10 heteroatoms. The van der Waals surface area contributed by atoms with Gasteiger partial charge in [0.1, 0.15) is 11.8 Å². The van der Waals surface area contributed by atoms with Gasteiger partial charge in [0.25, 0.3) is 0 Å². The number of carbonyl (C=O) groups excluding carboxylic acids is 1. The summed E-state index contributed by atoms with van der Waals surface area (Å²) in [5.41, 5.74) is 2.94. The Balaban J connectivity index is 1.54. The van der Waals surface area contributed by atoms with E-state index in [0.717, 1.165) is 21.3 Å². The minimum atomic E-state index is -3.88. The number of thiazole rings is 1. The molecule has 2 aromatic carbocycles. The number of amides is 1. The number of furan rings is 1. The molecule has 3 heterocycles. The molecule has 5 rings (SSSR count). The molecule has 0 radical (unpaired) electrons. The van der Waals surface area contributed by atoms with Crippen molar-refractivity contribution in [2.24, 2.45) is 0 Å². The van der Waals surface area contributed by atoms with E-state index in [4.69, 9.17) is 21.0 Å². The zero-order valence-electron chi connectivity index (χ0n) is 19.3. The van der Waals surface area contributed by atoms with Crippen LogP contribution in [-0.2, 0) is 21.4 Å². The summed E-state index contributed by atoms with van der Waals surface area (Å²) in [5.74, 6) is 0.280. The monoisotopic (exact) mass is 529 g/mol. The van der Waals surface area contributed by atoms with E-state index in [1.54, 1.807) is 23.3 Å². The Kier molecular flexibility index (Phi) is 6.43. The fourth-order valence-corrected chi connectivity index (χ4v) is 7.25. The van der Waals surface area contributed by atoms with Gasteiger partial charge in [0.05, 0.1) is 27.9 Å². The number of hydrogen-bond donors (Lipinski definition) is 0. The Hall–Kier alpha value is -2.72. The molecule has 182 valence electrons. The van der Waals surface area contributed by atoms with Gasteiger partial charge in [-0.3, -0.25) is 9.69 Å². The molecular weight excluding hydrogens is 506 g/mol. The van der Waals surface area contributed by atoms with E-state index in [9.17, 15) is 13.2 Å². The summed E-state index contributed by atoms with van der Waals surface area (Å²) in [6.45, 7) is 4.43. The molecule has 1 atom stereocenters. The lowest BCUT2D eigenvalue weighted by Gasteiger charge is -2.28. The lowest BCUT2D eigenvalue weighted by atomic mass is 10.1. The summed E-state index contributed by atoms with van der Waals surface area (Å²) < 4.78 is 34.7. The average Bonchev–Trinajstić information content (AvgIpc) is 3.60. The molecule has 1 amide bonds. The van der Waals surface area contributed by atoms with E-state index in [-0.39, 0.29) is 23.9 Å². The number of fused-ring (bicyclic) bond motifs is 1. The molecule has 1 aliphatic heterocycles. The molecule has 1 aliphatic rings. The molecule has 35 heavy (non-hydrogen) atoms. The highest BCUT2D eigenvalue weighted by Crippen LogP contribution is 2.36. The second kappa shape index (κ2) is 9.39. The van der Waals surface area contributed by atoms with Crippen molar-refractivity contribution in [1.82, 2.24) is 9.29 Å². The standard InChI is InChI=1S/C25H24ClN3O4S2/c1-16-7-8-17(2)23-22(16)27-25(34-23)28(15-19-5-4-14-33-19)24(30)21-6-3-13-29(21)35(31,32)20-11-9-18(26)10-12-20/h4-5,7-12,14,21H,3,6,13,15H2,1-2H3. The lowest BCUT2D eigenvalue weighted by molar-refractivity contribution is -0.121. The molecule has 2 aromatic heterocycles. The number of nitrogens with zero attached hydrogens (tertiary/aromatic N) is 3. The lowest BCUT2D eigenvalue weighted by Crippen LogP contribution is -2.47. The van der Waals surface area contributed by atoms with Crippen LogP contribution in [-0.4, -0.2) is 36.2 Å². The molecule has 0 aliphatic carbocycles. The van der Waals surface area contributed by atoms with Gasteiger partial charge in [-0.05, 0) is 74.2 Å². The number of carbonyl (C=O) groups is 1. The van der Waals surface area contributed by atoms with Crippen molar-refractivity contribution >= 4 is 54.2 Å². The van der Waals surface area contributed by atoms with Gasteiger partial charge in [0, 0.05) is 11.6 Å². The summed E-state index contributed by atoms with van der Waals surface area (Å²) in [4.78, 5) is 20.5. The number of benzene rings is 2. The fourth-order valence-electron chi connectivity index (χ4n) is 4.36.